The van der Waals surface area contributed by atoms with Crippen molar-refractivity contribution < 1.29 is 0 Å². The summed E-state index contributed by atoms with van der Waals surface area (Å²) >= 11 is 0. The Bertz CT molecular complexity index is 928. The van der Waals surface area contributed by atoms with Gasteiger partial charge in [0, 0.05) is 18.5 Å². The number of hydrogen-bond donors (Lipinski definition) is 1. The molecule has 31 heavy (non-hydrogen) atoms. The quantitative estimate of drug-likeness (QED) is 0.465. The fourth-order valence-corrected chi connectivity index (χ4v) is 4.64. The maximum absolute atomic E-state index is 4.28. The maximum atomic E-state index is 4.28. The van der Waals surface area contributed by atoms with E-state index in [1.165, 1.54) is 16.7 Å². The Hall–Kier alpha value is -3.10. The lowest BCUT2D eigenvalue weighted by Crippen LogP contribution is -2.43. The van der Waals surface area contributed by atoms with Crippen molar-refractivity contribution in [1.29, 1.82) is 0 Å². The number of hydrogen-bond acceptors (Lipinski definition) is 2. The number of benzene rings is 3. The van der Waals surface area contributed by atoms with Crippen LogP contribution in [0.25, 0.3) is 0 Å². The molecule has 3 aromatic rings. The average molecular weight is 409 g/mol. The minimum absolute atomic E-state index is 0.105. The van der Waals surface area contributed by atoms with E-state index < -0.39 is 0 Å². The predicted octanol–water partition coefficient (Wildman–Crippen LogP) is 5.93. The van der Waals surface area contributed by atoms with Crippen molar-refractivity contribution >= 4 is 0 Å². The largest absolute Gasteiger partial charge is 0.387 e. The standard InChI is InChI=1S/C29H32N2/c1-25(17-20-30-23-26-11-5-2-6-12-26)24-31-21-18-29(19-22-31,27-13-7-3-8-14-27)28-15-9-4-10-16-28/h2-17,20,30H,1,18-19,21-24H2/b20-17-. The molecule has 0 aromatic heterocycles. The number of nitrogens with one attached hydrogen (secondary N) is 1. The van der Waals surface area contributed by atoms with E-state index in [9.17, 15) is 0 Å². The van der Waals surface area contributed by atoms with Crippen LogP contribution < -0.4 is 5.32 Å². The first-order chi connectivity index (χ1) is 15.3. The molecule has 0 atom stereocenters. The Morgan fingerprint density at radius 2 is 1.32 bits per heavy atom. The second-order valence-corrected chi connectivity index (χ2v) is 8.45. The first-order valence-corrected chi connectivity index (χ1v) is 11.2. The van der Waals surface area contributed by atoms with Gasteiger partial charge in [0.2, 0.25) is 0 Å². The van der Waals surface area contributed by atoms with Crippen LogP contribution in [-0.4, -0.2) is 24.5 Å². The zero-order valence-corrected chi connectivity index (χ0v) is 18.2. The Kier molecular flexibility index (Phi) is 7.01. The topological polar surface area (TPSA) is 15.3 Å². The van der Waals surface area contributed by atoms with Gasteiger partial charge in [0.15, 0.2) is 0 Å². The molecule has 0 amide bonds. The Morgan fingerprint density at radius 3 is 1.87 bits per heavy atom. The van der Waals surface area contributed by atoms with Crippen molar-refractivity contribution in [3.8, 4) is 0 Å². The van der Waals surface area contributed by atoms with Crippen molar-refractivity contribution in [2.75, 3.05) is 19.6 Å². The molecule has 0 unspecified atom stereocenters. The van der Waals surface area contributed by atoms with Gasteiger partial charge in [-0.3, -0.25) is 4.90 Å². The monoisotopic (exact) mass is 408 g/mol. The van der Waals surface area contributed by atoms with Gasteiger partial charge in [-0.15, -0.1) is 0 Å². The van der Waals surface area contributed by atoms with Crippen LogP contribution in [0.3, 0.4) is 0 Å². The lowest BCUT2D eigenvalue weighted by atomic mass is 9.68. The summed E-state index contributed by atoms with van der Waals surface area (Å²) in [7, 11) is 0. The van der Waals surface area contributed by atoms with Crippen LogP contribution in [0.4, 0.5) is 0 Å². The van der Waals surface area contributed by atoms with E-state index in [0.717, 1.165) is 44.6 Å². The fourth-order valence-electron chi connectivity index (χ4n) is 4.64. The summed E-state index contributed by atoms with van der Waals surface area (Å²) in [4.78, 5) is 2.54. The van der Waals surface area contributed by atoms with Crippen LogP contribution in [0.5, 0.6) is 0 Å². The molecule has 0 saturated carbocycles. The predicted molar refractivity (Wildman–Crippen MR) is 131 cm³/mol. The molecule has 1 N–H and O–H groups in total. The second kappa shape index (κ2) is 10.3. The van der Waals surface area contributed by atoms with Crippen LogP contribution in [0.1, 0.15) is 29.5 Å². The molecule has 1 fully saturated rings. The molecule has 0 bridgehead atoms. The lowest BCUT2D eigenvalue weighted by Gasteiger charge is -2.43. The van der Waals surface area contributed by atoms with Gasteiger partial charge in [-0.2, -0.15) is 0 Å². The van der Waals surface area contributed by atoms with Crippen LogP contribution in [-0.2, 0) is 12.0 Å². The van der Waals surface area contributed by atoms with Crippen LogP contribution in [0, 0.1) is 0 Å². The first kappa shape index (κ1) is 21.1. The zero-order valence-electron chi connectivity index (χ0n) is 18.2. The van der Waals surface area contributed by atoms with Crippen molar-refractivity contribution in [3.05, 3.63) is 132 Å². The number of likely N-dealkylation sites (tertiary alicyclic amines) is 1. The maximum Gasteiger partial charge on any atom is 0.0395 e. The van der Waals surface area contributed by atoms with E-state index >= 15 is 0 Å². The van der Waals surface area contributed by atoms with E-state index in [-0.39, 0.29) is 5.41 Å². The normalized spacial score (nSPS) is 16.3. The molecule has 158 valence electrons. The smallest absolute Gasteiger partial charge is 0.0395 e. The lowest BCUT2D eigenvalue weighted by molar-refractivity contribution is 0.192. The number of piperidine rings is 1. The Balaban J connectivity index is 1.34. The molecule has 1 saturated heterocycles. The third-order valence-electron chi connectivity index (χ3n) is 6.37. The van der Waals surface area contributed by atoms with Gasteiger partial charge in [0.05, 0.1) is 0 Å². The van der Waals surface area contributed by atoms with Crippen molar-refractivity contribution in [1.82, 2.24) is 10.2 Å². The summed E-state index contributed by atoms with van der Waals surface area (Å²) in [6.45, 7) is 8.19. The van der Waals surface area contributed by atoms with Gasteiger partial charge < -0.3 is 5.32 Å². The minimum Gasteiger partial charge on any atom is -0.387 e. The summed E-state index contributed by atoms with van der Waals surface area (Å²) in [6, 6.07) is 32.5. The summed E-state index contributed by atoms with van der Waals surface area (Å²) < 4.78 is 0. The van der Waals surface area contributed by atoms with E-state index in [1.54, 1.807) is 0 Å². The molecule has 0 aliphatic carbocycles. The Labute approximate surface area is 186 Å². The van der Waals surface area contributed by atoms with E-state index in [4.69, 9.17) is 0 Å². The molecule has 1 aliphatic heterocycles. The minimum atomic E-state index is 0.105. The molecule has 0 spiro atoms. The summed E-state index contributed by atoms with van der Waals surface area (Å²) in [6.07, 6.45) is 6.39. The van der Waals surface area contributed by atoms with E-state index in [2.05, 4.69) is 108 Å². The van der Waals surface area contributed by atoms with Gasteiger partial charge >= 0.3 is 0 Å². The van der Waals surface area contributed by atoms with Gasteiger partial charge in [-0.25, -0.2) is 0 Å². The van der Waals surface area contributed by atoms with Gasteiger partial charge in [-0.1, -0.05) is 97.6 Å². The molecule has 1 aliphatic rings. The highest BCUT2D eigenvalue weighted by atomic mass is 15.1. The molecular weight excluding hydrogens is 376 g/mol. The third-order valence-corrected chi connectivity index (χ3v) is 6.37. The van der Waals surface area contributed by atoms with Gasteiger partial charge in [-0.05, 0) is 60.5 Å². The fraction of sp³-hybridized carbons (Fsp3) is 0.241. The highest BCUT2D eigenvalue weighted by Crippen LogP contribution is 2.41. The third kappa shape index (κ3) is 5.34. The zero-order chi connectivity index (χ0) is 21.4. The molecule has 0 radical (unpaired) electrons. The SMILES string of the molecule is C=C(/C=C\NCc1ccccc1)CN1CCC(c2ccccc2)(c2ccccc2)CC1. The summed E-state index contributed by atoms with van der Waals surface area (Å²) in [5.41, 5.74) is 5.40. The second-order valence-electron chi connectivity index (χ2n) is 8.45. The van der Waals surface area contributed by atoms with Crippen molar-refractivity contribution in [2.24, 2.45) is 0 Å². The molecule has 3 aromatic carbocycles. The molecule has 2 nitrogen and oxygen atoms in total. The summed E-state index contributed by atoms with van der Waals surface area (Å²) in [5.74, 6) is 0. The first-order valence-electron chi connectivity index (χ1n) is 11.2. The number of nitrogens with zero attached hydrogens (tertiary/aromatic N) is 1. The van der Waals surface area contributed by atoms with E-state index in [1.807, 2.05) is 12.3 Å². The van der Waals surface area contributed by atoms with Crippen LogP contribution in [0.15, 0.2) is 115 Å². The van der Waals surface area contributed by atoms with Gasteiger partial charge in [0.1, 0.15) is 0 Å². The average Bonchev–Trinajstić information content (AvgIpc) is 2.84. The molecule has 4 rings (SSSR count). The highest BCUT2D eigenvalue weighted by molar-refractivity contribution is 5.40. The molecular formula is C29H32N2. The molecule has 1 heterocycles. The van der Waals surface area contributed by atoms with Crippen molar-refractivity contribution in [2.45, 2.75) is 24.8 Å². The van der Waals surface area contributed by atoms with Crippen LogP contribution in [0.2, 0.25) is 0 Å². The van der Waals surface area contributed by atoms with Crippen LogP contribution >= 0.6 is 0 Å². The van der Waals surface area contributed by atoms with Crippen molar-refractivity contribution in [3.63, 3.8) is 0 Å². The highest BCUT2D eigenvalue weighted by Gasteiger charge is 2.37. The van der Waals surface area contributed by atoms with E-state index in [0.29, 0.717) is 0 Å². The van der Waals surface area contributed by atoms with Gasteiger partial charge in [0.25, 0.3) is 0 Å². The molecule has 2 heteroatoms. The Morgan fingerprint density at radius 1 is 0.806 bits per heavy atom. The number of rotatable bonds is 8. The summed E-state index contributed by atoms with van der Waals surface area (Å²) in [5, 5.41) is 3.37.